The first-order valence-electron chi connectivity index (χ1n) is 3.10. The second-order valence-electron chi connectivity index (χ2n) is 2.14. The molecule has 0 aliphatic carbocycles. The fourth-order valence-electron chi connectivity index (χ4n) is 0.879. The number of nitrogens with one attached hydrogen (secondary N) is 1. The van der Waals surface area contributed by atoms with E-state index in [1.807, 2.05) is 0 Å². The fourth-order valence-corrected chi connectivity index (χ4v) is 0.879. The number of hydrogen-bond donors (Lipinski definition) is 1. The van der Waals surface area contributed by atoms with E-state index < -0.39 is 0 Å². The Balaban J connectivity index is 2.32. The lowest BCUT2D eigenvalue weighted by Crippen LogP contribution is -2.25. The van der Waals surface area contributed by atoms with Crippen molar-refractivity contribution in [2.75, 3.05) is 13.1 Å². The minimum absolute atomic E-state index is 0.684. The molecule has 8 heavy (non-hydrogen) atoms. The van der Waals surface area contributed by atoms with Gasteiger partial charge in [0.2, 0.25) is 0 Å². The monoisotopic (exact) mass is 110 g/mol. The van der Waals surface area contributed by atoms with Gasteiger partial charge in [0.25, 0.3) is 0 Å². The van der Waals surface area contributed by atoms with E-state index in [-0.39, 0.29) is 0 Å². The largest absolute Gasteiger partial charge is 0.313 e. The summed E-state index contributed by atoms with van der Waals surface area (Å²) in [5.74, 6) is 0.684. The van der Waals surface area contributed by atoms with Crippen LogP contribution in [0.4, 0.5) is 0 Å². The zero-order chi connectivity index (χ0) is 5.82. The Morgan fingerprint density at radius 1 is 1.75 bits per heavy atom. The molecule has 1 radical (unpaired) electrons. The van der Waals surface area contributed by atoms with E-state index in [1.165, 1.54) is 0 Å². The summed E-state index contributed by atoms with van der Waals surface area (Å²) in [6.45, 7) is 5.97. The highest BCUT2D eigenvalue weighted by atomic mass is 14.9. The summed E-state index contributed by atoms with van der Waals surface area (Å²) in [5, 5.41) is 3.26. The van der Waals surface area contributed by atoms with Crippen molar-refractivity contribution in [2.24, 2.45) is 5.92 Å². The van der Waals surface area contributed by atoms with E-state index in [2.05, 4.69) is 24.4 Å². The lowest BCUT2D eigenvalue weighted by molar-refractivity contribution is 0.562. The minimum atomic E-state index is 0.684. The molecule has 0 saturated carbocycles. The Labute approximate surface area is 50.8 Å². The molecule has 0 fully saturated rings. The second kappa shape index (κ2) is 2.88. The topological polar surface area (TPSA) is 12.0 Å². The summed E-state index contributed by atoms with van der Waals surface area (Å²) < 4.78 is 0. The van der Waals surface area contributed by atoms with Crippen LogP contribution < -0.4 is 5.32 Å². The third-order valence-electron chi connectivity index (χ3n) is 1.45. The van der Waals surface area contributed by atoms with Gasteiger partial charge in [0.1, 0.15) is 0 Å². The summed E-state index contributed by atoms with van der Waals surface area (Å²) >= 11 is 0. The summed E-state index contributed by atoms with van der Waals surface area (Å²) in [6, 6.07) is 0. The summed E-state index contributed by atoms with van der Waals surface area (Å²) in [7, 11) is 0. The summed E-state index contributed by atoms with van der Waals surface area (Å²) in [6.07, 6.45) is 5.42. The zero-order valence-corrected chi connectivity index (χ0v) is 5.06. The van der Waals surface area contributed by atoms with Gasteiger partial charge in [-0.15, -0.1) is 0 Å². The Kier molecular flexibility index (Phi) is 2.10. The van der Waals surface area contributed by atoms with Gasteiger partial charge in [-0.1, -0.05) is 19.1 Å². The lowest BCUT2D eigenvalue weighted by Gasteiger charge is -2.14. The molecular weight excluding hydrogens is 98.1 g/mol. The molecule has 0 aromatic carbocycles. The maximum absolute atomic E-state index is 3.82. The van der Waals surface area contributed by atoms with Crippen LogP contribution in [0.1, 0.15) is 6.42 Å². The van der Waals surface area contributed by atoms with Crippen molar-refractivity contribution in [2.45, 2.75) is 6.42 Å². The van der Waals surface area contributed by atoms with Crippen LogP contribution in [0.25, 0.3) is 0 Å². The van der Waals surface area contributed by atoms with Crippen molar-refractivity contribution in [3.63, 3.8) is 0 Å². The van der Waals surface area contributed by atoms with E-state index in [0.717, 1.165) is 19.5 Å². The highest BCUT2D eigenvalue weighted by Crippen LogP contribution is 2.04. The number of hydrogen-bond acceptors (Lipinski definition) is 1. The van der Waals surface area contributed by atoms with E-state index in [9.17, 15) is 0 Å². The van der Waals surface area contributed by atoms with Crippen molar-refractivity contribution in [1.82, 2.24) is 5.32 Å². The second-order valence-corrected chi connectivity index (χ2v) is 2.14. The predicted octanol–water partition coefficient (Wildman–Crippen LogP) is 0.986. The standard InChI is InChI=1S/C7H12N/c1-2-7-4-3-5-8-6-7/h3-4,7-8H,1-2,5-6H2. The van der Waals surface area contributed by atoms with E-state index in [4.69, 9.17) is 0 Å². The van der Waals surface area contributed by atoms with Crippen LogP contribution in [-0.4, -0.2) is 13.1 Å². The molecular formula is C7H12N. The molecule has 0 saturated heterocycles. The molecule has 0 aromatic heterocycles. The van der Waals surface area contributed by atoms with Crippen LogP contribution in [0.5, 0.6) is 0 Å². The average Bonchev–Trinajstić information content (AvgIpc) is 1.90. The molecule has 1 aliphatic rings. The van der Waals surface area contributed by atoms with E-state index in [0.29, 0.717) is 5.92 Å². The highest BCUT2D eigenvalue weighted by Gasteiger charge is 2.02. The van der Waals surface area contributed by atoms with Crippen LogP contribution in [0.2, 0.25) is 0 Å². The third kappa shape index (κ3) is 1.34. The van der Waals surface area contributed by atoms with Crippen LogP contribution in [0.3, 0.4) is 0 Å². The molecule has 1 N–H and O–H groups in total. The fraction of sp³-hybridized carbons (Fsp3) is 0.571. The molecule has 45 valence electrons. The minimum Gasteiger partial charge on any atom is -0.313 e. The van der Waals surface area contributed by atoms with Gasteiger partial charge >= 0.3 is 0 Å². The van der Waals surface area contributed by atoms with Crippen LogP contribution >= 0.6 is 0 Å². The van der Waals surface area contributed by atoms with Gasteiger partial charge in [-0.25, -0.2) is 0 Å². The molecule has 1 atom stereocenters. The van der Waals surface area contributed by atoms with Crippen molar-refractivity contribution in [3.05, 3.63) is 19.1 Å². The number of rotatable bonds is 1. The normalized spacial score (nSPS) is 28.4. The molecule has 0 bridgehead atoms. The first kappa shape index (κ1) is 5.83. The van der Waals surface area contributed by atoms with E-state index >= 15 is 0 Å². The van der Waals surface area contributed by atoms with Gasteiger partial charge in [-0.3, -0.25) is 0 Å². The summed E-state index contributed by atoms with van der Waals surface area (Å²) in [5.41, 5.74) is 0. The van der Waals surface area contributed by atoms with Crippen LogP contribution in [0.15, 0.2) is 12.2 Å². The smallest absolute Gasteiger partial charge is 0.0135 e. The Morgan fingerprint density at radius 3 is 3.00 bits per heavy atom. The van der Waals surface area contributed by atoms with Gasteiger partial charge in [0.15, 0.2) is 0 Å². The van der Waals surface area contributed by atoms with Crippen molar-refractivity contribution >= 4 is 0 Å². The van der Waals surface area contributed by atoms with Gasteiger partial charge in [-0.2, -0.15) is 0 Å². The first-order valence-corrected chi connectivity index (χ1v) is 3.10. The quantitative estimate of drug-likeness (QED) is 0.496. The molecule has 1 heteroatoms. The zero-order valence-electron chi connectivity index (χ0n) is 5.06. The van der Waals surface area contributed by atoms with Gasteiger partial charge < -0.3 is 5.32 Å². The lowest BCUT2D eigenvalue weighted by atomic mass is 10.0. The van der Waals surface area contributed by atoms with Gasteiger partial charge in [0, 0.05) is 13.1 Å². The first-order chi connectivity index (χ1) is 3.93. The van der Waals surface area contributed by atoms with Crippen LogP contribution in [0, 0.1) is 12.8 Å². The molecule has 1 aliphatic heterocycles. The van der Waals surface area contributed by atoms with Crippen LogP contribution in [-0.2, 0) is 0 Å². The summed E-state index contributed by atoms with van der Waals surface area (Å²) in [4.78, 5) is 0. The molecule has 1 unspecified atom stereocenters. The predicted molar refractivity (Wildman–Crippen MR) is 35.5 cm³/mol. The molecule has 0 amide bonds. The average molecular weight is 110 g/mol. The maximum Gasteiger partial charge on any atom is 0.0135 e. The van der Waals surface area contributed by atoms with Crippen molar-refractivity contribution in [1.29, 1.82) is 0 Å². The molecule has 1 nitrogen and oxygen atoms in total. The maximum atomic E-state index is 3.82. The van der Waals surface area contributed by atoms with Gasteiger partial charge in [0.05, 0.1) is 0 Å². The Bertz CT molecular complexity index is 86.4. The van der Waals surface area contributed by atoms with E-state index in [1.54, 1.807) is 0 Å². The molecule has 0 aromatic rings. The Hall–Kier alpha value is -0.300. The SMILES string of the molecule is [CH2]CC1C=CCNC1. The third-order valence-corrected chi connectivity index (χ3v) is 1.45. The molecule has 0 spiro atoms. The van der Waals surface area contributed by atoms with Crippen molar-refractivity contribution in [3.8, 4) is 0 Å². The van der Waals surface area contributed by atoms with Crippen molar-refractivity contribution < 1.29 is 0 Å². The highest BCUT2D eigenvalue weighted by molar-refractivity contribution is 4.95. The Morgan fingerprint density at radius 2 is 2.62 bits per heavy atom. The molecule has 1 heterocycles. The molecule has 1 rings (SSSR count). The van der Waals surface area contributed by atoms with Gasteiger partial charge in [-0.05, 0) is 12.3 Å².